The highest BCUT2D eigenvalue weighted by atomic mass is 16.2. The van der Waals surface area contributed by atoms with Gasteiger partial charge in [-0.1, -0.05) is 12.8 Å². The topological polar surface area (TPSA) is 66.6 Å². The normalized spacial score (nSPS) is 29.7. The fourth-order valence-electron chi connectivity index (χ4n) is 3.87. The van der Waals surface area contributed by atoms with Crippen molar-refractivity contribution in [2.75, 3.05) is 20.1 Å². The molecule has 0 bridgehead atoms. The van der Waals surface area contributed by atoms with Crippen molar-refractivity contribution in [1.82, 2.24) is 9.80 Å². The number of hydrogen-bond donors (Lipinski definition) is 1. The number of amides is 2. The molecular formula is C18H33N3O2. The van der Waals surface area contributed by atoms with Crippen LogP contribution in [0, 0.1) is 11.8 Å². The average Bonchev–Trinajstić information content (AvgIpc) is 2.52. The number of nitrogens with two attached hydrogens (primary N) is 1. The molecule has 1 aliphatic carbocycles. The van der Waals surface area contributed by atoms with E-state index in [1.165, 1.54) is 0 Å². The molecule has 1 heterocycles. The summed E-state index contributed by atoms with van der Waals surface area (Å²) in [4.78, 5) is 29.0. The predicted molar refractivity (Wildman–Crippen MR) is 91.8 cm³/mol. The van der Waals surface area contributed by atoms with E-state index in [0.717, 1.165) is 38.5 Å². The third kappa shape index (κ3) is 4.06. The van der Waals surface area contributed by atoms with E-state index in [9.17, 15) is 9.59 Å². The molecule has 132 valence electrons. The highest BCUT2D eigenvalue weighted by Gasteiger charge is 2.41. The van der Waals surface area contributed by atoms with E-state index < -0.39 is 0 Å². The van der Waals surface area contributed by atoms with Gasteiger partial charge in [0.05, 0.1) is 5.92 Å². The lowest BCUT2D eigenvalue weighted by atomic mass is 9.73. The van der Waals surface area contributed by atoms with E-state index in [4.69, 9.17) is 5.73 Å². The predicted octanol–water partition coefficient (Wildman–Crippen LogP) is 2.00. The zero-order valence-corrected chi connectivity index (χ0v) is 15.2. The van der Waals surface area contributed by atoms with Crippen LogP contribution in [0.1, 0.15) is 59.3 Å². The van der Waals surface area contributed by atoms with Crippen LogP contribution in [0.4, 0.5) is 0 Å². The van der Waals surface area contributed by atoms with Crippen molar-refractivity contribution >= 4 is 11.8 Å². The lowest BCUT2D eigenvalue weighted by molar-refractivity contribution is -0.144. The number of nitrogens with zero attached hydrogens (tertiary/aromatic N) is 2. The van der Waals surface area contributed by atoms with Gasteiger partial charge in [-0.25, -0.2) is 0 Å². The fraction of sp³-hybridized carbons (Fsp3) is 0.889. The van der Waals surface area contributed by atoms with Gasteiger partial charge in [0.15, 0.2) is 0 Å². The Morgan fingerprint density at radius 1 is 1.17 bits per heavy atom. The Hall–Kier alpha value is -1.10. The molecule has 2 N–H and O–H groups in total. The number of rotatable bonds is 3. The van der Waals surface area contributed by atoms with Gasteiger partial charge in [-0.05, 0) is 46.5 Å². The maximum absolute atomic E-state index is 12.8. The largest absolute Gasteiger partial charge is 0.343 e. The van der Waals surface area contributed by atoms with Crippen molar-refractivity contribution in [3.63, 3.8) is 0 Å². The summed E-state index contributed by atoms with van der Waals surface area (Å²) in [7, 11) is 1.87. The monoisotopic (exact) mass is 323 g/mol. The summed E-state index contributed by atoms with van der Waals surface area (Å²) in [6.07, 6.45) is 5.59. The molecule has 0 aromatic heterocycles. The van der Waals surface area contributed by atoms with Crippen LogP contribution in [0.15, 0.2) is 0 Å². The standard InChI is InChI=1S/C18H33N3O2/c1-13(2)20(4)16(22)14-8-11-21(12-9-14)17(23)15-7-5-6-10-18(15,3)19/h13-15H,5-12,19H2,1-4H3. The minimum Gasteiger partial charge on any atom is -0.343 e. The minimum absolute atomic E-state index is 0.0539. The molecule has 0 radical (unpaired) electrons. The summed E-state index contributed by atoms with van der Waals surface area (Å²) in [5, 5.41) is 0. The first kappa shape index (κ1) is 18.2. The van der Waals surface area contributed by atoms with Crippen molar-refractivity contribution in [2.45, 2.75) is 70.9 Å². The summed E-state index contributed by atoms with van der Waals surface area (Å²) in [6, 6.07) is 0.224. The molecule has 2 rings (SSSR count). The Bertz CT molecular complexity index is 440. The van der Waals surface area contributed by atoms with Crippen LogP contribution in [-0.2, 0) is 9.59 Å². The Labute approximate surface area is 140 Å². The molecule has 5 heteroatoms. The van der Waals surface area contributed by atoms with Gasteiger partial charge in [-0.2, -0.15) is 0 Å². The van der Waals surface area contributed by atoms with Gasteiger partial charge in [0.25, 0.3) is 0 Å². The summed E-state index contributed by atoms with van der Waals surface area (Å²) >= 11 is 0. The van der Waals surface area contributed by atoms with Crippen molar-refractivity contribution in [3.05, 3.63) is 0 Å². The smallest absolute Gasteiger partial charge is 0.227 e. The zero-order chi connectivity index (χ0) is 17.2. The SMILES string of the molecule is CC(C)N(C)C(=O)C1CCN(C(=O)C2CCCCC2(C)N)CC1. The second-order valence-electron chi connectivity index (χ2n) is 7.95. The summed E-state index contributed by atoms with van der Waals surface area (Å²) < 4.78 is 0. The lowest BCUT2D eigenvalue weighted by Gasteiger charge is -2.42. The van der Waals surface area contributed by atoms with E-state index >= 15 is 0 Å². The van der Waals surface area contributed by atoms with E-state index in [1.807, 2.05) is 37.6 Å². The molecule has 1 aliphatic heterocycles. The molecule has 1 saturated carbocycles. The van der Waals surface area contributed by atoms with Gasteiger partial charge >= 0.3 is 0 Å². The van der Waals surface area contributed by atoms with Crippen LogP contribution in [0.2, 0.25) is 0 Å². The number of carbonyl (C=O) groups excluding carboxylic acids is 2. The number of carbonyl (C=O) groups is 2. The van der Waals surface area contributed by atoms with Crippen molar-refractivity contribution in [2.24, 2.45) is 17.6 Å². The number of piperidine rings is 1. The van der Waals surface area contributed by atoms with Gasteiger partial charge in [-0.15, -0.1) is 0 Å². The summed E-state index contributed by atoms with van der Waals surface area (Å²) in [5.74, 6) is 0.426. The molecule has 0 aromatic rings. The highest BCUT2D eigenvalue weighted by molar-refractivity contribution is 5.82. The van der Waals surface area contributed by atoms with Crippen LogP contribution < -0.4 is 5.73 Å². The fourth-order valence-corrected chi connectivity index (χ4v) is 3.87. The molecule has 1 saturated heterocycles. The van der Waals surface area contributed by atoms with E-state index in [2.05, 4.69) is 0 Å². The summed E-state index contributed by atoms with van der Waals surface area (Å²) in [5.41, 5.74) is 5.99. The van der Waals surface area contributed by atoms with Gasteiger partial charge in [0.2, 0.25) is 11.8 Å². The molecule has 0 spiro atoms. The second-order valence-corrected chi connectivity index (χ2v) is 7.95. The van der Waals surface area contributed by atoms with Crippen molar-refractivity contribution < 1.29 is 9.59 Å². The Morgan fingerprint density at radius 2 is 1.78 bits per heavy atom. The first-order valence-corrected chi connectivity index (χ1v) is 9.08. The van der Waals surface area contributed by atoms with Gasteiger partial charge in [0.1, 0.15) is 0 Å². The van der Waals surface area contributed by atoms with Gasteiger partial charge in [0, 0.05) is 37.6 Å². The summed E-state index contributed by atoms with van der Waals surface area (Å²) in [6.45, 7) is 7.45. The highest BCUT2D eigenvalue weighted by Crippen LogP contribution is 2.34. The second kappa shape index (κ2) is 7.20. The molecule has 0 aromatic carbocycles. The van der Waals surface area contributed by atoms with Crippen molar-refractivity contribution in [1.29, 1.82) is 0 Å². The van der Waals surface area contributed by atoms with Crippen LogP contribution >= 0.6 is 0 Å². The molecule has 23 heavy (non-hydrogen) atoms. The van der Waals surface area contributed by atoms with Crippen LogP contribution in [0.5, 0.6) is 0 Å². The molecule has 2 unspecified atom stereocenters. The molecule has 2 atom stereocenters. The third-order valence-electron chi connectivity index (χ3n) is 5.83. The molecular weight excluding hydrogens is 290 g/mol. The maximum Gasteiger partial charge on any atom is 0.227 e. The van der Waals surface area contributed by atoms with E-state index in [1.54, 1.807) is 0 Å². The van der Waals surface area contributed by atoms with E-state index in [0.29, 0.717) is 13.1 Å². The van der Waals surface area contributed by atoms with Gasteiger partial charge in [-0.3, -0.25) is 9.59 Å². The Balaban J connectivity index is 1.91. The first-order chi connectivity index (χ1) is 10.7. The Morgan fingerprint density at radius 3 is 2.30 bits per heavy atom. The maximum atomic E-state index is 12.8. The zero-order valence-electron chi connectivity index (χ0n) is 15.2. The molecule has 5 nitrogen and oxygen atoms in total. The number of hydrogen-bond acceptors (Lipinski definition) is 3. The minimum atomic E-state index is -0.375. The Kier molecular flexibility index (Phi) is 5.71. The third-order valence-corrected chi connectivity index (χ3v) is 5.83. The van der Waals surface area contributed by atoms with Crippen LogP contribution in [0.25, 0.3) is 0 Å². The van der Waals surface area contributed by atoms with Crippen LogP contribution in [-0.4, -0.2) is 53.3 Å². The quantitative estimate of drug-likeness (QED) is 0.864. The van der Waals surface area contributed by atoms with Gasteiger partial charge < -0.3 is 15.5 Å². The first-order valence-electron chi connectivity index (χ1n) is 9.08. The van der Waals surface area contributed by atoms with Crippen LogP contribution in [0.3, 0.4) is 0 Å². The average molecular weight is 323 g/mol. The lowest BCUT2D eigenvalue weighted by Crippen LogP contribution is -2.55. The molecule has 2 aliphatic rings. The molecule has 2 amide bonds. The van der Waals surface area contributed by atoms with E-state index in [-0.39, 0.29) is 35.2 Å². The molecule has 2 fully saturated rings. The number of likely N-dealkylation sites (tertiary alicyclic amines) is 1. The van der Waals surface area contributed by atoms with Crippen molar-refractivity contribution in [3.8, 4) is 0 Å².